The fraction of sp³-hybridized carbons (Fsp3) is 0.692. The van der Waals surface area contributed by atoms with Gasteiger partial charge < -0.3 is 15.1 Å². The number of likely N-dealkylation sites (N-methyl/N-ethyl adjacent to an activating group) is 2. The van der Waals surface area contributed by atoms with E-state index in [0.29, 0.717) is 11.5 Å². The molecule has 1 aromatic heterocycles. The van der Waals surface area contributed by atoms with Crippen molar-refractivity contribution < 1.29 is 0 Å². The lowest BCUT2D eigenvalue weighted by Gasteiger charge is -2.49. The number of nitrogens with one attached hydrogen (secondary N) is 1. The molecule has 5 nitrogen and oxygen atoms in total. The second-order valence-electron chi connectivity index (χ2n) is 5.44. The van der Waals surface area contributed by atoms with E-state index in [1.54, 1.807) is 6.20 Å². The van der Waals surface area contributed by atoms with Crippen LogP contribution in [0.25, 0.3) is 0 Å². The Labute approximate surface area is 123 Å². The molecule has 0 saturated heterocycles. The first-order valence-corrected chi connectivity index (χ1v) is 7.37. The summed E-state index contributed by atoms with van der Waals surface area (Å²) in [6.45, 7) is 0.985. The molecule has 2 rings (SSSR count). The van der Waals surface area contributed by atoms with Crippen LogP contribution in [0.5, 0.6) is 0 Å². The zero-order valence-electron chi connectivity index (χ0n) is 12.1. The molecule has 0 aromatic carbocycles. The number of hydrogen-bond donors (Lipinski definition) is 1. The van der Waals surface area contributed by atoms with E-state index in [-0.39, 0.29) is 0 Å². The van der Waals surface area contributed by atoms with Gasteiger partial charge in [-0.15, -0.1) is 0 Å². The van der Waals surface area contributed by atoms with Crippen LogP contribution in [-0.2, 0) is 0 Å². The summed E-state index contributed by atoms with van der Waals surface area (Å²) >= 11 is 3.54. The fourth-order valence-electron chi connectivity index (χ4n) is 2.59. The topological polar surface area (TPSA) is 44.3 Å². The normalized spacial score (nSPS) is 17.2. The molecule has 0 atom stereocenters. The maximum absolute atomic E-state index is 4.53. The predicted molar refractivity (Wildman–Crippen MR) is 82.8 cm³/mol. The van der Waals surface area contributed by atoms with Crippen molar-refractivity contribution in [3.05, 3.63) is 10.7 Å². The minimum atomic E-state index is 0.291. The van der Waals surface area contributed by atoms with Crippen molar-refractivity contribution in [3.63, 3.8) is 0 Å². The van der Waals surface area contributed by atoms with E-state index in [4.69, 9.17) is 0 Å². The Morgan fingerprint density at radius 3 is 2.53 bits per heavy atom. The molecule has 0 amide bonds. The van der Waals surface area contributed by atoms with Crippen LogP contribution in [-0.4, -0.2) is 55.1 Å². The van der Waals surface area contributed by atoms with E-state index in [9.17, 15) is 0 Å². The van der Waals surface area contributed by atoms with Crippen molar-refractivity contribution in [3.8, 4) is 0 Å². The molecule has 0 aliphatic heterocycles. The van der Waals surface area contributed by atoms with Gasteiger partial charge in [0.1, 0.15) is 5.82 Å². The van der Waals surface area contributed by atoms with Crippen molar-refractivity contribution >= 4 is 27.7 Å². The standard InChI is InChI=1S/C13H22BrN5/c1-15-12-16-8-10(14)11(17-12)19(4)9-13(18(2)3)6-5-7-13/h8H,5-7,9H2,1-4H3,(H,15,16,17). The smallest absolute Gasteiger partial charge is 0.224 e. The highest BCUT2D eigenvalue weighted by molar-refractivity contribution is 9.10. The van der Waals surface area contributed by atoms with Crippen LogP contribution in [0.15, 0.2) is 10.7 Å². The van der Waals surface area contributed by atoms with Gasteiger partial charge in [0.2, 0.25) is 5.95 Å². The Morgan fingerprint density at radius 2 is 2.05 bits per heavy atom. The first-order chi connectivity index (χ1) is 8.98. The van der Waals surface area contributed by atoms with Crippen LogP contribution in [0.4, 0.5) is 11.8 Å². The van der Waals surface area contributed by atoms with Crippen molar-refractivity contribution in [1.82, 2.24) is 14.9 Å². The van der Waals surface area contributed by atoms with Gasteiger partial charge in [0.15, 0.2) is 0 Å². The molecular weight excluding hydrogens is 306 g/mol. The van der Waals surface area contributed by atoms with Gasteiger partial charge in [0, 0.05) is 32.4 Å². The third kappa shape index (κ3) is 2.84. The lowest BCUT2D eigenvalue weighted by Crippen LogP contribution is -2.56. The van der Waals surface area contributed by atoms with Crippen molar-refractivity contribution in [2.75, 3.05) is 45.0 Å². The average molecular weight is 328 g/mol. The monoisotopic (exact) mass is 327 g/mol. The van der Waals surface area contributed by atoms with E-state index in [0.717, 1.165) is 16.8 Å². The number of halogens is 1. The van der Waals surface area contributed by atoms with Crippen LogP contribution in [0, 0.1) is 0 Å². The summed E-state index contributed by atoms with van der Waals surface area (Å²) in [6.07, 6.45) is 5.63. The van der Waals surface area contributed by atoms with E-state index in [1.807, 2.05) is 7.05 Å². The third-order valence-electron chi connectivity index (χ3n) is 4.08. The number of nitrogens with zero attached hydrogens (tertiary/aromatic N) is 4. The summed E-state index contributed by atoms with van der Waals surface area (Å²) in [5.74, 6) is 1.59. The van der Waals surface area contributed by atoms with Gasteiger partial charge >= 0.3 is 0 Å². The molecule has 1 fully saturated rings. The zero-order valence-corrected chi connectivity index (χ0v) is 13.7. The Bertz CT molecular complexity index is 445. The fourth-order valence-corrected chi connectivity index (χ4v) is 3.09. The van der Waals surface area contributed by atoms with Crippen LogP contribution in [0.3, 0.4) is 0 Å². The van der Waals surface area contributed by atoms with Gasteiger partial charge in [-0.2, -0.15) is 4.98 Å². The van der Waals surface area contributed by atoms with Gasteiger partial charge in [-0.25, -0.2) is 4.98 Å². The van der Waals surface area contributed by atoms with E-state index >= 15 is 0 Å². The maximum Gasteiger partial charge on any atom is 0.224 e. The molecule has 1 aliphatic carbocycles. The number of rotatable bonds is 5. The quantitative estimate of drug-likeness (QED) is 0.898. The molecule has 19 heavy (non-hydrogen) atoms. The molecule has 106 valence electrons. The molecule has 1 N–H and O–H groups in total. The summed E-state index contributed by atoms with van der Waals surface area (Å²) < 4.78 is 0.933. The van der Waals surface area contributed by atoms with Crippen molar-refractivity contribution in [1.29, 1.82) is 0 Å². The highest BCUT2D eigenvalue weighted by Crippen LogP contribution is 2.38. The molecule has 0 radical (unpaired) electrons. The van der Waals surface area contributed by atoms with Gasteiger partial charge in [-0.3, -0.25) is 0 Å². The first kappa shape index (κ1) is 14.5. The number of hydrogen-bond acceptors (Lipinski definition) is 5. The summed E-state index contributed by atoms with van der Waals surface area (Å²) in [7, 11) is 8.26. The maximum atomic E-state index is 4.53. The molecular formula is C13H22BrN5. The summed E-state index contributed by atoms with van der Waals surface area (Å²) in [4.78, 5) is 13.3. The summed E-state index contributed by atoms with van der Waals surface area (Å²) in [6, 6.07) is 0. The van der Waals surface area contributed by atoms with E-state index < -0.39 is 0 Å². The molecule has 0 unspecified atom stereocenters. The summed E-state index contributed by atoms with van der Waals surface area (Å²) in [5, 5.41) is 2.98. The first-order valence-electron chi connectivity index (χ1n) is 6.57. The molecule has 1 saturated carbocycles. The van der Waals surface area contributed by atoms with Crippen molar-refractivity contribution in [2.24, 2.45) is 0 Å². The van der Waals surface area contributed by atoms with Gasteiger partial charge in [0.25, 0.3) is 0 Å². The summed E-state index contributed by atoms with van der Waals surface area (Å²) in [5.41, 5.74) is 0.291. The van der Waals surface area contributed by atoms with Gasteiger partial charge in [-0.1, -0.05) is 0 Å². The van der Waals surface area contributed by atoms with Crippen LogP contribution < -0.4 is 10.2 Å². The average Bonchev–Trinajstić information content (AvgIpc) is 2.33. The molecule has 0 bridgehead atoms. The van der Waals surface area contributed by atoms with E-state index in [2.05, 4.69) is 62.2 Å². The number of anilines is 2. The Balaban J connectivity index is 2.17. The molecule has 0 spiro atoms. The second-order valence-corrected chi connectivity index (χ2v) is 6.30. The highest BCUT2D eigenvalue weighted by atomic mass is 79.9. The van der Waals surface area contributed by atoms with Crippen molar-refractivity contribution in [2.45, 2.75) is 24.8 Å². The van der Waals surface area contributed by atoms with Gasteiger partial charge in [-0.05, 0) is 49.3 Å². The minimum absolute atomic E-state index is 0.291. The highest BCUT2D eigenvalue weighted by Gasteiger charge is 2.40. The van der Waals surface area contributed by atoms with Crippen LogP contribution in [0.2, 0.25) is 0 Å². The molecule has 1 aliphatic rings. The molecule has 1 aromatic rings. The number of aromatic nitrogens is 2. The Kier molecular flexibility index (Phi) is 4.30. The lowest BCUT2D eigenvalue weighted by molar-refractivity contribution is 0.0681. The third-order valence-corrected chi connectivity index (χ3v) is 4.63. The largest absolute Gasteiger partial charge is 0.357 e. The van der Waals surface area contributed by atoms with Crippen LogP contribution >= 0.6 is 15.9 Å². The van der Waals surface area contributed by atoms with E-state index in [1.165, 1.54) is 19.3 Å². The Morgan fingerprint density at radius 1 is 1.37 bits per heavy atom. The SMILES string of the molecule is CNc1ncc(Br)c(N(C)CC2(N(C)C)CCC2)n1. The second kappa shape index (κ2) is 5.63. The van der Waals surface area contributed by atoms with Crippen LogP contribution in [0.1, 0.15) is 19.3 Å². The Hall–Kier alpha value is -0.880. The predicted octanol–water partition coefficient (Wildman–Crippen LogP) is 2.20. The van der Waals surface area contributed by atoms with Gasteiger partial charge in [0.05, 0.1) is 4.47 Å². The molecule has 1 heterocycles. The zero-order chi connectivity index (χ0) is 14.0. The lowest BCUT2D eigenvalue weighted by atomic mass is 9.75. The minimum Gasteiger partial charge on any atom is -0.357 e. The molecule has 6 heteroatoms.